The number of rotatable bonds is 4. The standard InChI is InChI=1S/C14H8O8.2Na.2H/c15-11(16)5-1-7-8(10(3-5)14(21)22)2-6(12(17)18)4-9(7)13(19)20;;;;/h1-4H,(H,15,16)(H,17,18)(H,19,20)(H,21,22);;;;/q;2*+1;2*-1. The number of hydrogen-bond acceptors (Lipinski definition) is 4. The van der Waals surface area contributed by atoms with Gasteiger partial charge >= 0.3 is 83.0 Å². The number of carboxylic acid groups (broad SMARTS) is 4. The fourth-order valence-electron chi connectivity index (χ4n) is 2.06. The van der Waals surface area contributed by atoms with Crippen molar-refractivity contribution in [2.45, 2.75) is 0 Å². The summed E-state index contributed by atoms with van der Waals surface area (Å²) >= 11 is 0. The average molecular weight is 352 g/mol. The molecule has 24 heavy (non-hydrogen) atoms. The third-order valence-corrected chi connectivity index (χ3v) is 3.02. The molecular formula is C14H10Na2O8. The fourth-order valence-corrected chi connectivity index (χ4v) is 2.06. The maximum absolute atomic E-state index is 11.3. The van der Waals surface area contributed by atoms with E-state index < -0.39 is 46.1 Å². The average Bonchev–Trinajstić information content (AvgIpc) is 2.44. The van der Waals surface area contributed by atoms with E-state index in [4.69, 9.17) is 20.4 Å². The minimum Gasteiger partial charge on any atom is -1.00 e. The zero-order valence-electron chi connectivity index (χ0n) is 14.7. The van der Waals surface area contributed by atoms with Gasteiger partial charge in [-0.1, -0.05) is 0 Å². The second kappa shape index (κ2) is 8.61. The SMILES string of the molecule is O=C(O)c1cc(C(=O)O)c2cc(C(=O)O)cc(C(=O)O)c2c1.[H-].[H-].[Na+].[Na+]. The van der Waals surface area contributed by atoms with E-state index in [0.29, 0.717) is 0 Å². The van der Waals surface area contributed by atoms with Gasteiger partial charge in [0.15, 0.2) is 0 Å². The third-order valence-electron chi connectivity index (χ3n) is 3.02. The molecule has 0 spiro atoms. The summed E-state index contributed by atoms with van der Waals surface area (Å²) in [6.07, 6.45) is 0. The van der Waals surface area contributed by atoms with Crippen LogP contribution in [0.5, 0.6) is 0 Å². The molecule has 2 aromatic carbocycles. The first-order chi connectivity index (χ1) is 10.2. The zero-order chi connectivity index (χ0) is 16.6. The van der Waals surface area contributed by atoms with E-state index >= 15 is 0 Å². The van der Waals surface area contributed by atoms with Crippen LogP contribution in [0.25, 0.3) is 10.8 Å². The molecule has 0 saturated heterocycles. The molecule has 0 saturated carbocycles. The van der Waals surface area contributed by atoms with Crippen LogP contribution >= 0.6 is 0 Å². The van der Waals surface area contributed by atoms with Gasteiger partial charge in [0.25, 0.3) is 0 Å². The molecule has 2 aromatic rings. The van der Waals surface area contributed by atoms with Gasteiger partial charge in [0.1, 0.15) is 0 Å². The Balaban J connectivity index is -0.00000132. The number of benzene rings is 2. The zero-order valence-corrected chi connectivity index (χ0v) is 16.7. The van der Waals surface area contributed by atoms with Gasteiger partial charge in [-0.25, -0.2) is 19.2 Å². The van der Waals surface area contributed by atoms with Crippen molar-refractivity contribution in [2.75, 3.05) is 0 Å². The minimum atomic E-state index is -1.49. The molecule has 0 fully saturated rings. The van der Waals surface area contributed by atoms with Crippen LogP contribution in [0.1, 0.15) is 44.3 Å². The van der Waals surface area contributed by atoms with E-state index in [1.54, 1.807) is 0 Å². The van der Waals surface area contributed by atoms with Gasteiger partial charge in [0.05, 0.1) is 22.3 Å². The topological polar surface area (TPSA) is 149 Å². The Bertz CT molecular complexity index is 798. The van der Waals surface area contributed by atoms with E-state index in [1.165, 1.54) is 0 Å². The number of hydrogen-bond donors (Lipinski definition) is 4. The van der Waals surface area contributed by atoms with Crippen molar-refractivity contribution < 1.29 is 102 Å². The monoisotopic (exact) mass is 352 g/mol. The van der Waals surface area contributed by atoms with Gasteiger partial charge in [-0.15, -0.1) is 0 Å². The van der Waals surface area contributed by atoms with Crippen molar-refractivity contribution in [3.63, 3.8) is 0 Å². The molecule has 0 amide bonds. The maximum atomic E-state index is 11.3. The molecule has 0 aliphatic heterocycles. The van der Waals surface area contributed by atoms with E-state index in [0.717, 1.165) is 24.3 Å². The van der Waals surface area contributed by atoms with Crippen molar-refractivity contribution in [2.24, 2.45) is 0 Å². The number of carbonyl (C=O) groups is 4. The van der Waals surface area contributed by atoms with Crippen LogP contribution in [0.4, 0.5) is 0 Å². The summed E-state index contributed by atoms with van der Waals surface area (Å²) in [4.78, 5) is 44.6. The van der Waals surface area contributed by atoms with Crippen LogP contribution in [0.2, 0.25) is 0 Å². The van der Waals surface area contributed by atoms with Gasteiger partial charge in [-0.05, 0) is 35.0 Å². The number of fused-ring (bicyclic) bond motifs is 1. The van der Waals surface area contributed by atoms with E-state index in [-0.39, 0.29) is 72.7 Å². The first-order valence-electron chi connectivity index (χ1n) is 5.77. The van der Waals surface area contributed by atoms with Gasteiger partial charge in [-0.2, -0.15) is 0 Å². The molecule has 2 rings (SSSR count). The van der Waals surface area contributed by atoms with Crippen molar-refractivity contribution in [1.29, 1.82) is 0 Å². The van der Waals surface area contributed by atoms with E-state index in [2.05, 4.69) is 0 Å². The molecule has 10 heteroatoms. The second-order valence-electron chi connectivity index (χ2n) is 4.36. The molecule has 0 aromatic heterocycles. The van der Waals surface area contributed by atoms with Crippen molar-refractivity contribution >= 4 is 34.6 Å². The molecule has 0 bridgehead atoms. The summed E-state index contributed by atoms with van der Waals surface area (Å²) in [6, 6.07) is 3.70. The predicted molar refractivity (Wildman–Crippen MR) is 74.0 cm³/mol. The molecule has 0 radical (unpaired) electrons. The molecule has 0 atom stereocenters. The smallest absolute Gasteiger partial charge is 1.00 e. The van der Waals surface area contributed by atoms with Crippen molar-refractivity contribution in [3.8, 4) is 0 Å². The Hall–Kier alpha value is -1.42. The third kappa shape index (κ3) is 4.35. The molecule has 116 valence electrons. The van der Waals surface area contributed by atoms with Crippen LogP contribution in [-0.4, -0.2) is 44.3 Å². The fraction of sp³-hybridized carbons (Fsp3) is 0. The second-order valence-corrected chi connectivity index (χ2v) is 4.36. The first kappa shape index (κ1) is 22.6. The Morgan fingerprint density at radius 1 is 0.583 bits per heavy atom. The Morgan fingerprint density at radius 3 is 1.08 bits per heavy atom. The molecular weight excluding hydrogens is 342 g/mol. The summed E-state index contributed by atoms with van der Waals surface area (Å²) in [5.74, 6) is -5.84. The Morgan fingerprint density at radius 2 is 0.875 bits per heavy atom. The molecule has 0 heterocycles. The van der Waals surface area contributed by atoms with Crippen molar-refractivity contribution in [3.05, 3.63) is 46.5 Å². The van der Waals surface area contributed by atoms with E-state index in [1.807, 2.05) is 0 Å². The normalized spacial score (nSPS) is 9.50. The summed E-state index contributed by atoms with van der Waals surface area (Å²) in [5.41, 5.74) is -1.79. The van der Waals surface area contributed by atoms with Crippen LogP contribution in [0.15, 0.2) is 24.3 Å². The first-order valence-corrected chi connectivity index (χ1v) is 5.77. The summed E-state index contributed by atoms with van der Waals surface area (Å²) in [6.45, 7) is 0. The Labute approximate surface area is 181 Å². The summed E-state index contributed by atoms with van der Waals surface area (Å²) in [7, 11) is 0. The Kier molecular flexibility index (Phi) is 8.10. The molecule has 4 N–H and O–H groups in total. The largest absolute Gasteiger partial charge is 1.00 e. The van der Waals surface area contributed by atoms with Gasteiger partial charge < -0.3 is 23.3 Å². The van der Waals surface area contributed by atoms with Gasteiger partial charge in [0.2, 0.25) is 0 Å². The molecule has 0 unspecified atom stereocenters. The van der Waals surface area contributed by atoms with Crippen LogP contribution < -0.4 is 59.1 Å². The van der Waals surface area contributed by atoms with Crippen LogP contribution in [0.3, 0.4) is 0 Å². The molecule has 0 aliphatic rings. The maximum Gasteiger partial charge on any atom is 1.00 e. The minimum absolute atomic E-state index is 0. The van der Waals surface area contributed by atoms with E-state index in [9.17, 15) is 19.2 Å². The van der Waals surface area contributed by atoms with Gasteiger partial charge in [0, 0.05) is 0 Å². The predicted octanol–water partition coefficient (Wildman–Crippen LogP) is -4.13. The van der Waals surface area contributed by atoms with Crippen LogP contribution in [-0.2, 0) is 0 Å². The van der Waals surface area contributed by atoms with Crippen molar-refractivity contribution in [1.82, 2.24) is 0 Å². The molecule has 0 aliphatic carbocycles. The van der Waals surface area contributed by atoms with Gasteiger partial charge in [-0.3, -0.25) is 0 Å². The number of carboxylic acids is 4. The summed E-state index contributed by atoms with van der Waals surface area (Å²) in [5, 5.41) is 36.0. The summed E-state index contributed by atoms with van der Waals surface area (Å²) < 4.78 is 0. The number of aromatic carboxylic acids is 4. The quantitative estimate of drug-likeness (QED) is 0.405. The van der Waals surface area contributed by atoms with Crippen LogP contribution in [0, 0.1) is 0 Å². The molecule has 8 nitrogen and oxygen atoms in total.